The van der Waals surface area contributed by atoms with Crippen molar-refractivity contribution in [1.82, 2.24) is 10.3 Å². The summed E-state index contributed by atoms with van der Waals surface area (Å²) >= 11 is 0. The van der Waals surface area contributed by atoms with Crippen molar-refractivity contribution in [3.8, 4) is 0 Å². The number of halogens is 3. The number of hydrogen-bond donors (Lipinski definition) is 1. The van der Waals surface area contributed by atoms with Crippen LogP contribution in [0.4, 0.5) is 19.0 Å². The van der Waals surface area contributed by atoms with Crippen LogP contribution in [0.1, 0.15) is 31.4 Å². The van der Waals surface area contributed by atoms with Crippen molar-refractivity contribution >= 4 is 5.82 Å². The highest BCUT2D eigenvalue weighted by Crippen LogP contribution is 2.30. The number of aromatic nitrogens is 1. The fraction of sp³-hybridized carbons (Fsp3) is 0.667. The predicted molar refractivity (Wildman–Crippen MR) is 75.2 cm³/mol. The number of anilines is 1. The number of nitrogens with one attached hydrogen (secondary N) is 1. The first-order valence-electron chi connectivity index (χ1n) is 7.55. The largest absolute Gasteiger partial charge is 0.433 e. The molecule has 0 spiro atoms. The van der Waals surface area contributed by atoms with Gasteiger partial charge in [0.05, 0.1) is 0 Å². The van der Waals surface area contributed by atoms with Crippen molar-refractivity contribution in [3.05, 3.63) is 23.9 Å². The van der Waals surface area contributed by atoms with Gasteiger partial charge in [0.1, 0.15) is 11.5 Å². The zero-order chi connectivity index (χ0) is 14.9. The van der Waals surface area contributed by atoms with E-state index in [0.29, 0.717) is 17.8 Å². The zero-order valence-electron chi connectivity index (χ0n) is 11.9. The summed E-state index contributed by atoms with van der Waals surface area (Å²) < 4.78 is 38.2. The first-order valence-corrected chi connectivity index (χ1v) is 7.55. The molecule has 1 aromatic rings. The molecule has 21 heavy (non-hydrogen) atoms. The molecule has 0 bridgehead atoms. The van der Waals surface area contributed by atoms with Gasteiger partial charge < -0.3 is 10.2 Å². The summed E-state index contributed by atoms with van der Waals surface area (Å²) in [5.41, 5.74) is -0.807. The molecule has 0 aromatic carbocycles. The number of alkyl halides is 3. The van der Waals surface area contributed by atoms with Crippen molar-refractivity contribution in [3.63, 3.8) is 0 Å². The van der Waals surface area contributed by atoms with Crippen LogP contribution in [0.5, 0.6) is 0 Å². The molecule has 1 N–H and O–H groups in total. The lowest BCUT2D eigenvalue weighted by atomic mass is 9.98. The number of hydrogen-bond acceptors (Lipinski definition) is 3. The topological polar surface area (TPSA) is 28.2 Å². The Bertz CT molecular complexity index is 485. The van der Waals surface area contributed by atoms with E-state index in [1.807, 2.05) is 4.90 Å². The first kappa shape index (κ1) is 14.6. The van der Waals surface area contributed by atoms with Crippen LogP contribution in [0.25, 0.3) is 0 Å². The molecular formula is C15H20F3N3. The Morgan fingerprint density at radius 3 is 2.76 bits per heavy atom. The molecule has 1 aliphatic carbocycles. The molecule has 1 aliphatic heterocycles. The average molecular weight is 299 g/mol. The first-order chi connectivity index (χ1) is 10.0. The molecular weight excluding hydrogens is 279 g/mol. The van der Waals surface area contributed by atoms with E-state index in [-0.39, 0.29) is 0 Å². The van der Waals surface area contributed by atoms with Crippen molar-refractivity contribution < 1.29 is 13.2 Å². The second kappa shape index (κ2) is 5.83. The van der Waals surface area contributed by atoms with Gasteiger partial charge in [-0.25, -0.2) is 4.98 Å². The van der Waals surface area contributed by atoms with Gasteiger partial charge in [0.15, 0.2) is 0 Å². The van der Waals surface area contributed by atoms with Crippen LogP contribution in [0.3, 0.4) is 0 Å². The highest BCUT2D eigenvalue weighted by atomic mass is 19.4. The van der Waals surface area contributed by atoms with E-state index in [4.69, 9.17) is 0 Å². The third-order valence-electron chi connectivity index (χ3n) is 4.14. The maximum absolute atomic E-state index is 12.7. The van der Waals surface area contributed by atoms with Gasteiger partial charge in [0.2, 0.25) is 0 Å². The van der Waals surface area contributed by atoms with Gasteiger partial charge in [0.25, 0.3) is 0 Å². The van der Waals surface area contributed by atoms with E-state index in [2.05, 4.69) is 10.3 Å². The van der Waals surface area contributed by atoms with Gasteiger partial charge >= 0.3 is 6.18 Å². The van der Waals surface area contributed by atoms with Crippen molar-refractivity contribution in [2.75, 3.05) is 24.5 Å². The van der Waals surface area contributed by atoms with Crippen molar-refractivity contribution in [2.45, 2.75) is 37.9 Å². The van der Waals surface area contributed by atoms with Gasteiger partial charge in [-0.05, 0) is 50.3 Å². The van der Waals surface area contributed by atoms with E-state index in [1.54, 1.807) is 6.07 Å². The SMILES string of the molecule is FC(F)(F)c1cccc(N2CCCC(CNC3CC3)C2)n1. The van der Waals surface area contributed by atoms with E-state index < -0.39 is 11.9 Å². The van der Waals surface area contributed by atoms with Crippen LogP contribution in [-0.4, -0.2) is 30.7 Å². The lowest BCUT2D eigenvalue weighted by Crippen LogP contribution is -2.40. The summed E-state index contributed by atoms with van der Waals surface area (Å²) in [5.74, 6) is 0.941. The van der Waals surface area contributed by atoms with Crippen LogP contribution in [0, 0.1) is 5.92 Å². The normalized spacial score (nSPS) is 23.4. The zero-order valence-corrected chi connectivity index (χ0v) is 11.9. The third kappa shape index (κ3) is 3.87. The minimum absolute atomic E-state index is 0.445. The van der Waals surface area contributed by atoms with E-state index in [0.717, 1.165) is 38.5 Å². The molecule has 2 fully saturated rings. The third-order valence-corrected chi connectivity index (χ3v) is 4.14. The fourth-order valence-corrected chi connectivity index (χ4v) is 2.82. The van der Waals surface area contributed by atoms with Gasteiger partial charge in [0, 0.05) is 19.1 Å². The van der Waals surface area contributed by atoms with Crippen molar-refractivity contribution in [2.24, 2.45) is 5.92 Å². The highest BCUT2D eigenvalue weighted by Gasteiger charge is 2.33. The molecule has 0 amide bonds. The van der Waals surface area contributed by atoms with Gasteiger partial charge in [-0.3, -0.25) is 0 Å². The summed E-state index contributed by atoms with van der Waals surface area (Å²) in [4.78, 5) is 5.77. The van der Waals surface area contributed by atoms with E-state index in [9.17, 15) is 13.2 Å². The number of rotatable bonds is 4. The summed E-state index contributed by atoms with van der Waals surface area (Å²) in [7, 11) is 0. The molecule has 1 unspecified atom stereocenters. The summed E-state index contributed by atoms with van der Waals surface area (Å²) in [6.45, 7) is 2.53. The fourth-order valence-electron chi connectivity index (χ4n) is 2.82. The average Bonchev–Trinajstić information content (AvgIpc) is 3.29. The minimum atomic E-state index is -4.38. The Morgan fingerprint density at radius 2 is 2.05 bits per heavy atom. The second-order valence-electron chi connectivity index (χ2n) is 6.02. The van der Waals surface area contributed by atoms with E-state index in [1.165, 1.54) is 18.9 Å². The van der Waals surface area contributed by atoms with Gasteiger partial charge in [-0.1, -0.05) is 6.07 Å². The number of piperidine rings is 1. The maximum Gasteiger partial charge on any atom is 0.433 e. The number of nitrogens with zero attached hydrogens (tertiary/aromatic N) is 2. The smallest absolute Gasteiger partial charge is 0.356 e. The quantitative estimate of drug-likeness (QED) is 0.926. The molecule has 116 valence electrons. The van der Waals surface area contributed by atoms with Crippen LogP contribution < -0.4 is 10.2 Å². The molecule has 2 heterocycles. The summed E-state index contributed by atoms with van der Waals surface area (Å²) in [6, 6.07) is 4.81. The predicted octanol–water partition coefficient (Wildman–Crippen LogP) is 3.07. The number of pyridine rings is 1. The molecule has 3 nitrogen and oxygen atoms in total. The van der Waals surface area contributed by atoms with Gasteiger partial charge in [-0.2, -0.15) is 13.2 Å². The summed E-state index contributed by atoms with van der Waals surface area (Å²) in [5, 5.41) is 3.51. The molecule has 1 saturated carbocycles. The van der Waals surface area contributed by atoms with Crippen LogP contribution in [0.15, 0.2) is 18.2 Å². The van der Waals surface area contributed by atoms with E-state index >= 15 is 0 Å². The lowest BCUT2D eigenvalue weighted by molar-refractivity contribution is -0.141. The van der Waals surface area contributed by atoms with Crippen LogP contribution in [-0.2, 0) is 6.18 Å². The maximum atomic E-state index is 12.7. The molecule has 2 aliphatic rings. The molecule has 1 atom stereocenters. The minimum Gasteiger partial charge on any atom is -0.356 e. The highest BCUT2D eigenvalue weighted by molar-refractivity contribution is 5.40. The second-order valence-corrected chi connectivity index (χ2v) is 6.02. The molecule has 6 heteroatoms. The summed E-state index contributed by atoms with van der Waals surface area (Å²) in [6.07, 6.45) is 0.278. The molecule has 3 rings (SSSR count). The molecule has 0 radical (unpaired) electrons. The van der Waals surface area contributed by atoms with Crippen molar-refractivity contribution in [1.29, 1.82) is 0 Å². The van der Waals surface area contributed by atoms with Crippen LogP contribution in [0.2, 0.25) is 0 Å². The van der Waals surface area contributed by atoms with Crippen LogP contribution >= 0.6 is 0 Å². The molecule has 1 saturated heterocycles. The Hall–Kier alpha value is -1.30. The standard InChI is InChI=1S/C15H20F3N3/c16-15(17,18)13-4-1-5-14(20-13)21-8-2-3-11(10-21)9-19-12-6-7-12/h1,4-5,11-12,19H,2-3,6-10H2. The molecule has 1 aromatic heterocycles. The van der Waals surface area contributed by atoms with Gasteiger partial charge in [-0.15, -0.1) is 0 Å². The Balaban J connectivity index is 1.64. The monoisotopic (exact) mass is 299 g/mol. The Labute approximate surface area is 122 Å². The lowest BCUT2D eigenvalue weighted by Gasteiger charge is -2.34. The Kier molecular flexibility index (Phi) is 4.06. The Morgan fingerprint density at radius 1 is 1.24 bits per heavy atom.